The Morgan fingerprint density at radius 3 is 2.26 bits per heavy atom. The summed E-state index contributed by atoms with van der Waals surface area (Å²) < 4.78 is 40.2. The summed E-state index contributed by atoms with van der Waals surface area (Å²) in [5.74, 6) is -1.73. The zero-order chi connectivity index (χ0) is 20.0. The first-order valence-electron chi connectivity index (χ1n) is 7.73. The molecule has 0 saturated carbocycles. The number of amides is 1. The number of ether oxygens (including phenoxy) is 1. The van der Waals surface area contributed by atoms with Crippen LogP contribution in [0.2, 0.25) is 0 Å². The molecule has 0 radical (unpaired) electrons. The fourth-order valence-corrected chi connectivity index (χ4v) is 2.49. The van der Waals surface area contributed by atoms with Gasteiger partial charge in [-0.2, -0.15) is 0 Å². The fourth-order valence-electron chi connectivity index (χ4n) is 1.98. The van der Waals surface area contributed by atoms with Crippen LogP contribution in [0.5, 0.6) is 0 Å². The summed E-state index contributed by atoms with van der Waals surface area (Å²) in [5, 5.41) is 7.48. The molecular weight excluding hydrogens is 375 g/mol. The van der Waals surface area contributed by atoms with Gasteiger partial charge in [0.2, 0.25) is 10.0 Å². The van der Waals surface area contributed by atoms with E-state index in [-0.39, 0.29) is 4.90 Å². The van der Waals surface area contributed by atoms with Gasteiger partial charge in [0, 0.05) is 11.8 Å². The summed E-state index contributed by atoms with van der Waals surface area (Å²) in [4.78, 5) is 23.7. The molecule has 2 aromatic carbocycles. The Morgan fingerprint density at radius 1 is 1.11 bits per heavy atom. The number of primary sulfonamides is 1. The number of halogens is 1. The van der Waals surface area contributed by atoms with Crippen molar-refractivity contribution in [1.29, 1.82) is 0 Å². The number of nitrogens with one attached hydrogen (secondary N) is 1. The van der Waals surface area contributed by atoms with Crippen molar-refractivity contribution in [2.45, 2.75) is 17.9 Å². The number of sulfonamides is 1. The zero-order valence-corrected chi connectivity index (χ0v) is 15.1. The normalized spacial score (nSPS) is 12.6. The highest BCUT2D eigenvalue weighted by molar-refractivity contribution is 7.89. The number of nitrogens with two attached hydrogens (primary N) is 1. The molecule has 0 saturated heterocycles. The maximum Gasteiger partial charge on any atom is 0.331 e. The maximum atomic E-state index is 12.8. The number of carbonyl (C=O) groups excluding carboxylic acids is 2. The van der Waals surface area contributed by atoms with Crippen LogP contribution in [0.1, 0.15) is 12.5 Å². The quantitative estimate of drug-likeness (QED) is 0.577. The van der Waals surface area contributed by atoms with E-state index >= 15 is 0 Å². The number of anilines is 1. The number of esters is 1. The summed E-state index contributed by atoms with van der Waals surface area (Å²) in [7, 11) is -3.82. The van der Waals surface area contributed by atoms with Gasteiger partial charge in [0.15, 0.2) is 6.10 Å². The zero-order valence-electron chi connectivity index (χ0n) is 14.3. The van der Waals surface area contributed by atoms with Crippen molar-refractivity contribution < 1.29 is 27.1 Å². The van der Waals surface area contributed by atoms with Crippen LogP contribution in [0.15, 0.2) is 59.5 Å². The van der Waals surface area contributed by atoms with E-state index in [4.69, 9.17) is 9.88 Å². The number of carbonyl (C=O) groups is 2. The Bertz CT molecular complexity index is 954. The minimum Gasteiger partial charge on any atom is -0.449 e. The van der Waals surface area contributed by atoms with E-state index in [1.165, 1.54) is 61.5 Å². The molecule has 0 fully saturated rings. The molecule has 27 heavy (non-hydrogen) atoms. The van der Waals surface area contributed by atoms with Crippen molar-refractivity contribution >= 4 is 33.7 Å². The molecule has 0 aliphatic carbocycles. The van der Waals surface area contributed by atoms with Crippen molar-refractivity contribution in [2.24, 2.45) is 5.14 Å². The third kappa shape index (κ3) is 6.32. The fraction of sp³-hybridized carbons (Fsp3) is 0.111. The number of hydrogen-bond donors (Lipinski definition) is 2. The van der Waals surface area contributed by atoms with Gasteiger partial charge in [-0.3, -0.25) is 4.79 Å². The molecule has 0 unspecified atom stereocenters. The molecule has 1 atom stereocenters. The van der Waals surface area contributed by atoms with E-state index in [9.17, 15) is 22.4 Å². The molecule has 9 heteroatoms. The van der Waals surface area contributed by atoms with Crippen molar-refractivity contribution in [2.75, 3.05) is 5.32 Å². The SMILES string of the molecule is C[C@H](OC(=O)/C=C/c1ccc(F)cc1)C(=O)Nc1ccc(S(N)(=O)=O)cc1. The Hall–Kier alpha value is -3.04. The molecule has 0 aromatic heterocycles. The van der Waals surface area contributed by atoms with Crippen LogP contribution in [0.3, 0.4) is 0 Å². The van der Waals surface area contributed by atoms with Gasteiger partial charge in [-0.1, -0.05) is 12.1 Å². The second-order valence-corrected chi connectivity index (χ2v) is 7.08. The van der Waals surface area contributed by atoms with E-state index in [1.807, 2.05) is 0 Å². The van der Waals surface area contributed by atoms with Crippen LogP contribution in [0, 0.1) is 5.82 Å². The smallest absolute Gasteiger partial charge is 0.331 e. The molecule has 142 valence electrons. The standard InChI is InChI=1S/C18H17FN2O5S/c1-12(26-17(22)11-4-13-2-5-14(19)6-3-13)18(23)21-15-7-9-16(10-8-15)27(20,24)25/h2-12H,1H3,(H,21,23)(H2,20,24,25)/b11-4+/t12-/m0/s1. The number of rotatable bonds is 6. The van der Waals surface area contributed by atoms with Crippen molar-refractivity contribution in [1.82, 2.24) is 0 Å². The second kappa shape index (κ2) is 8.56. The van der Waals surface area contributed by atoms with Gasteiger partial charge >= 0.3 is 5.97 Å². The molecule has 0 bridgehead atoms. The highest BCUT2D eigenvalue weighted by Gasteiger charge is 2.17. The number of hydrogen-bond acceptors (Lipinski definition) is 5. The molecule has 2 rings (SSSR count). The van der Waals surface area contributed by atoms with Gasteiger partial charge in [-0.25, -0.2) is 22.7 Å². The van der Waals surface area contributed by atoms with E-state index in [1.54, 1.807) is 0 Å². The van der Waals surface area contributed by atoms with Crippen LogP contribution >= 0.6 is 0 Å². The summed E-state index contributed by atoms with van der Waals surface area (Å²) >= 11 is 0. The monoisotopic (exact) mass is 392 g/mol. The van der Waals surface area contributed by atoms with E-state index < -0.39 is 33.8 Å². The number of benzene rings is 2. The Labute approximate surface area is 155 Å². The largest absolute Gasteiger partial charge is 0.449 e. The molecule has 0 aliphatic rings. The van der Waals surface area contributed by atoms with E-state index in [0.29, 0.717) is 11.3 Å². The molecule has 3 N–H and O–H groups in total. The van der Waals surface area contributed by atoms with Crippen LogP contribution in [-0.4, -0.2) is 26.4 Å². The highest BCUT2D eigenvalue weighted by Crippen LogP contribution is 2.13. The molecule has 0 spiro atoms. The lowest BCUT2D eigenvalue weighted by atomic mass is 10.2. The molecule has 0 aliphatic heterocycles. The van der Waals surface area contributed by atoms with Crippen molar-refractivity contribution in [3.63, 3.8) is 0 Å². The van der Waals surface area contributed by atoms with Gasteiger partial charge in [-0.05, 0) is 55.0 Å². The first-order valence-corrected chi connectivity index (χ1v) is 9.28. The maximum absolute atomic E-state index is 12.8. The lowest BCUT2D eigenvalue weighted by Crippen LogP contribution is -2.29. The lowest BCUT2D eigenvalue weighted by molar-refractivity contribution is -0.148. The summed E-state index contributed by atoms with van der Waals surface area (Å²) in [5.41, 5.74) is 0.914. The van der Waals surface area contributed by atoms with Crippen LogP contribution < -0.4 is 10.5 Å². The topological polar surface area (TPSA) is 116 Å². The van der Waals surface area contributed by atoms with Crippen LogP contribution in [0.25, 0.3) is 6.08 Å². The molecule has 2 aromatic rings. The Kier molecular flexibility index (Phi) is 6.43. The average Bonchev–Trinajstić information content (AvgIpc) is 2.61. The van der Waals surface area contributed by atoms with Gasteiger partial charge < -0.3 is 10.1 Å². The minimum absolute atomic E-state index is 0.0918. The summed E-state index contributed by atoms with van der Waals surface area (Å²) in [6.07, 6.45) is 1.46. The van der Waals surface area contributed by atoms with Gasteiger partial charge in [0.05, 0.1) is 4.90 Å². The molecular formula is C18H17FN2O5S. The molecule has 0 heterocycles. The van der Waals surface area contributed by atoms with E-state index in [2.05, 4.69) is 5.32 Å². The third-order valence-corrected chi connectivity index (χ3v) is 4.32. The van der Waals surface area contributed by atoms with Gasteiger partial charge in [-0.15, -0.1) is 0 Å². The van der Waals surface area contributed by atoms with Crippen LogP contribution in [0.4, 0.5) is 10.1 Å². The predicted molar refractivity (Wildman–Crippen MR) is 97.4 cm³/mol. The second-order valence-electron chi connectivity index (χ2n) is 5.52. The van der Waals surface area contributed by atoms with Gasteiger partial charge in [0.25, 0.3) is 5.91 Å². The summed E-state index contributed by atoms with van der Waals surface area (Å²) in [6, 6.07) is 10.7. The highest BCUT2D eigenvalue weighted by atomic mass is 32.2. The average molecular weight is 392 g/mol. The van der Waals surface area contributed by atoms with Crippen LogP contribution in [-0.2, 0) is 24.3 Å². The summed E-state index contributed by atoms with van der Waals surface area (Å²) in [6.45, 7) is 1.39. The van der Waals surface area contributed by atoms with Crippen molar-refractivity contribution in [3.05, 3.63) is 66.0 Å². The molecule has 7 nitrogen and oxygen atoms in total. The first-order chi connectivity index (χ1) is 12.6. The van der Waals surface area contributed by atoms with E-state index in [0.717, 1.165) is 6.08 Å². The van der Waals surface area contributed by atoms with Crippen molar-refractivity contribution in [3.8, 4) is 0 Å². The van der Waals surface area contributed by atoms with Gasteiger partial charge in [0.1, 0.15) is 5.82 Å². The lowest BCUT2D eigenvalue weighted by Gasteiger charge is -2.12. The predicted octanol–water partition coefficient (Wildman–Crippen LogP) is 2.06. The first kappa shape index (κ1) is 20.3. The minimum atomic E-state index is -3.82. The molecule has 1 amide bonds. The Balaban J connectivity index is 1.91. The third-order valence-electron chi connectivity index (χ3n) is 3.39. The Morgan fingerprint density at radius 2 is 1.70 bits per heavy atom.